The minimum atomic E-state index is -1.26. The molecular formula is C21H24N6O4. The van der Waals surface area contributed by atoms with Crippen molar-refractivity contribution in [2.75, 3.05) is 32.8 Å². The number of para-hydroxylation sites is 2. The predicted octanol–water partition coefficient (Wildman–Crippen LogP) is 1.26. The number of aromatic nitrogens is 5. The molecule has 5 rings (SSSR count). The zero-order valence-electron chi connectivity index (χ0n) is 17.5. The first-order valence-electron chi connectivity index (χ1n) is 10.3. The minimum Gasteiger partial charge on any atom is -0.382 e. The van der Waals surface area contributed by atoms with Crippen molar-refractivity contribution in [1.82, 2.24) is 29.0 Å². The summed E-state index contributed by atoms with van der Waals surface area (Å²) in [6.45, 7) is 7.56. The van der Waals surface area contributed by atoms with E-state index in [1.165, 1.54) is 0 Å². The summed E-state index contributed by atoms with van der Waals surface area (Å²) < 4.78 is 14.3. The Morgan fingerprint density at radius 3 is 2.58 bits per heavy atom. The monoisotopic (exact) mass is 424 g/mol. The summed E-state index contributed by atoms with van der Waals surface area (Å²) in [6, 6.07) is 7.74. The first kappa shape index (κ1) is 19.9. The second-order valence-corrected chi connectivity index (χ2v) is 8.19. The van der Waals surface area contributed by atoms with Crippen LogP contribution in [0.1, 0.15) is 19.7 Å². The molecular weight excluding hydrogens is 400 g/mol. The van der Waals surface area contributed by atoms with Gasteiger partial charge in [-0.1, -0.05) is 17.3 Å². The zero-order chi connectivity index (χ0) is 21.6. The van der Waals surface area contributed by atoms with E-state index < -0.39 is 5.60 Å². The summed E-state index contributed by atoms with van der Waals surface area (Å²) in [5, 5.41) is 14.0. The van der Waals surface area contributed by atoms with E-state index in [-0.39, 0.29) is 17.3 Å². The minimum absolute atomic E-state index is 0.103. The average Bonchev–Trinajstić information content (AvgIpc) is 3.42. The van der Waals surface area contributed by atoms with Crippen molar-refractivity contribution < 1.29 is 14.4 Å². The summed E-state index contributed by atoms with van der Waals surface area (Å²) in [5.74, 6) is 0.240. The number of benzene rings is 1. The molecule has 0 unspecified atom stereocenters. The molecule has 4 aromatic rings. The van der Waals surface area contributed by atoms with E-state index in [1.807, 2.05) is 24.3 Å². The van der Waals surface area contributed by atoms with Crippen LogP contribution in [0.5, 0.6) is 0 Å². The molecule has 0 amide bonds. The van der Waals surface area contributed by atoms with E-state index in [0.29, 0.717) is 31.0 Å². The van der Waals surface area contributed by atoms with Gasteiger partial charge in [0, 0.05) is 26.2 Å². The van der Waals surface area contributed by atoms with Gasteiger partial charge in [-0.25, -0.2) is 4.98 Å². The Labute approximate surface area is 177 Å². The van der Waals surface area contributed by atoms with E-state index in [2.05, 4.69) is 20.0 Å². The fourth-order valence-corrected chi connectivity index (χ4v) is 3.88. The Bertz CT molecular complexity index is 1290. The molecule has 0 aliphatic carbocycles. The molecule has 1 aliphatic rings. The van der Waals surface area contributed by atoms with Gasteiger partial charge in [0.05, 0.1) is 24.2 Å². The van der Waals surface area contributed by atoms with Crippen LogP contribution < -0.4 is 5.56 Å². The molecule has 31 heavy (non-hydrogen) atoms. The summed E-state index contributed by atoms with van der Waals surface area (Å²) in [5.41, 5.74) is 0.926. The predicted molar refractivity (Wildman–Crippen MR) is 113 cm³/mol. The van der Waals surface area contributed by atoms with Gasteiger partial charge in [-0.3, -0.25) is 14.1 Å². The van der Waals surface area contributed by atoms with Crippen molar-refractivity contribution in [1.29, 1.82) is 0 Å². The number of hydrogen-bond donors (Lipinski definition) is 1. The number of nitrogens with zero attached hydrogens (tertiary/aromatic N) is 6. The molecule has 1 fully saturated rings. The molecule has 0 saturated carbocycles. The number of morpholine rings is 1. The lowest BCUT2D eigenvalue weighted by atomic mass is 10.1. The highest BCUT2D eigenvalue weighted by molar-refractivity contribution is 5.83. The lowest BCUT2D eigenvalue weighted by Gasteiger charge is -2.27. The number of ether oxygens (including phenoxy) is 1. The quantitative estimate of drug-likeness (QED) is 0.510. The largest absolute Gasteiger partial charge is 0.382 e. The first-order valence-corrected chi connectivity index (χ1v) is 10.3. The SMILES string of the molecule is CC(C)(O)c1noc(-c2ncn3c2c(=O)n(CCN2CCOCC2)c2ccccc23)n1. The summed E-state index contributed by atoms with van der Waals surface area (Å²) in [4.78, 5) is 24.6. The number of imidazole rings is 1. The normalized spacial score (nSPS) is 15.8. The average molecular weight is 424 g/mol. The Hall–Kier alpha value is -3.08. The van der Waals surface area contributed by atoms with Gasteiger partial charge in [0.2, 0.25) is 5.82 Å². The van der Waals surface area contributed by atoms with Gasteiger partial charge in [0.1, 0.15) is 17.4 Å². The third-order valence-corrected chi connectivity index (χ3v) is 5.57. The molecule has 0 bridgehead atoms. The van der Waals surface area contributed by atoms with Crippen molar-refractivity contribution in [3.05, 3.63) is 46.8 Å². The van der Waals surface area contributed by atoms with Crippen molar-refractivity contribution >= 4 is 16.6 Å². The van der Waals surface area contributed by atoms with Crippen molar-refractivity contribution in [3.8, 4) is 11.6 Å². The molecule has 162 valence electrons. The van der Waals surface area contributed by atoms with Gasteiger partial charge in [0.25, 0.3) is 11.4 Å². The van der Waals surface area contributed by atoms with Crippen LogP contribution >= 0.6 is 0 Å². The Morgan fingerprint density at radius 2 is 1.87 bits per heavy atom. The van der Waals surface area contributed by atoms with E-state index in [0.717, 1.165) is 30.7 Å². The Kier molecular flexibility index (Phi) is 4.84. The maximum Gasteiger partial charge on any atom is 0.279 e. The summed E-state index contributed by atoms with van der Waals surface area (Å²) >= 11 is 0. The molecule has 1 N–H and O–H groups in total. The fraction of sp³-hybridized carbons (Fsp3) is 0.429. The highest BCUT2D eigenvalue weighted by Gasteiger charge is 2.26. The second-order valence-electron chi connectivity index (χ2n) is 8.19. The van der Waals surface area contributed by atoms with Gasteiger partial charge in [0.15, 0.2) is 5.69 Å². The van der Waals surface area contributed by atoms with Gasteiger partial charge in [-0.15, -0.1) is 0 Å². The van der Waals surface area contributed by atoms with E-state index in [4.69, 9.17) is 9.26 Å². The number of hydrogen-bond acceptors (Lipinski definition) is 8. The zero-order valence-corrected chi connectivity index (χ0v) is 17.5. The standard InChI is InChI=1S/C21H24N6O4/c1-21(2,29)20-23-18(31-24-20)16-17-19(28)26(8-7-25-9-11-30-12-10-25)14-5-3-4-6-15(14)27(17)13-22-16/h3-6,13,29H,7-12H2,1-2H3. The van der Waals surface area contributed by atoms with E-state index >= 15 is 0 Å². The maximum absolute atomic E-state index is 13.6. The highest BCUT2D eigenvalue weighted by Crippen LogP contribution is 2.25. The molecule has 0 spiro atoms. The fourth-order valence-electron chi connectivity index (χ4n) is 3.88. The smallest absolute Gasteiger partial charge is 0.279 e. The van der Waals surface area contributed by atoms with Crippen LogP contribution in [-0.2, 0) is 16.9 Å². The van der Waals surface area contributed by atoms with Crippen LogP contribution in [0.25, 0.3) is 28.1 Å². The topological polar surface area (TPSA) is 111 Å². The third-order valence-electron chi connectivity index (χ3n) is 5.57. The molecule has 1 aromatic carbocycles. The molecule has 1 aliphatic heterocycles. The maximum atomic E-state index is 13.6. The first-order chi connectivity index (χ1) is 14.9. The van der Waals surface area contributed by atoms with Crippen LogP contribution in [0.15, 0.2) is 39.9 Å². The second kappa shape index (κ2) is 7.56. The van der Waals surface area contributed by atoms with Gasteiger partial charge in [-0.2, -0.15) is 4.98 Å². The molecule has 4 heterocycles. The summed E-state index contributed by atoms with van der Waals surface area (Å²) in [6.07, 6.45) is 1.59. The Morgan fingerprint density at radius 1 is 1.13 bits per heavy atom. The molecule has 10 heteroatoms. The van der Waals surface area contributed by atoms with Crippen molar-refractivity contribution in [2.24, 2.45) is 0 Å². The molecule has 0 atom stereocenters. The van der Waals surface area contributed by atoms with Crippen LogP contribution in [0.2, 0.25) is 0 Å². The van der Waals surface area contributed by atoms with Crippen LogP contribution in [-0.4, -0.2) is 66.9 Å². The highest BCUT2D eigenvalue weighted by atomic mass is 16.5. The lowest BCUT2D eigenvalue weighted by molar-refractivity contribution is 0.0364. The van der Waals surface area contributed by atoms with Crippen LogP contribution in [0, 0.1) is 0 Å². The van der Waals surface area contributed by atoms with Crippen molar-refractivity contribution in [2.45, 2.75) is 26.0 Å². The molecule has 10 nitrogen and oxygen atoms in total. The van der Waals surface area contributed by atoms with E-state index in [9.17, 15) is 9.90 Å². The van der Waals surface area contributed by atoms with E-state index in [1.54, 1.807) is 29.1 Å². The Balaban J connectivity index is 1.64. The molecule has 0 radical (unpaired) electrons. The molecule has 1 saturated heterocycles. The van der Waals surface area contributed by atoms with Gasteiger partial charge >= 0.3 is 0 Å². The van der Waals surface area contributed by atoms with Gasteiger partial charge in [-0.05, 0) is 26.0 Å². The number of rotatable bonds is 5. The van der Waals surface area contributed by atoms with Gasteiger partial charge < -0.3 is 18.9 Å². The van der Waals surface area contributed by atoms with Crippen molar-refractivity contribution in [3.63, 3.8) is 0 Å². The molecule has 3 aromatic heterocycles. The number of aliphatic hydroxyl groups is 1. The number of fused-ring (bicyclic) bond motifs is 3. The summed E-state index contributed by atoms with van der Waals surface area (Å²) in [7, 11) is 0. The third kappa shape index (κ3) is 3.52. The van der Waals surface area contributed by atoms with Crippen LogP contribution in [0.3, 0.4) is 0 Å². The van der Waals surface area contributed by atoms with Crippen LogP contribution in [0.4, 0.5) is 0 Å². The lowest BCUT2D eigenvalue weighted by Crippen LogP contribution is -2.39.